The lowest BCUT2D eigenvalue weighted by molar-refractivity contribution is 0.0730. The van der Waals surface area contributed by atoms with Gasteiger partial charge in [-0.15, -0.1) is 0 Å². The zero-order valence-electron chi connectivity index (χ0n) is 13.6. The SMILES string of the molecule is Cc1cc(CC[C@H]2CCCN2C(=O)c2c[nH]c(=O)c(Cl)c2)ccn1. The van der Waals surface area contributed by atoms with Gasteiger partial charge in [0, 0.05) is 30.7 Å². The summed E-state index contributed by atoms with van der Waals surface area (Å²) < 4.78 is 0. The summed E-state index contributed by atoms with van der Waals surface area (Å²) in [5.74, 6) is -0.0680. The van der Waals surface area contributed by atoms with Gasteiger partial charge in [0.1, 0.15) is 5.02 Å². The number of carbonyl (C=O) groups is 1. The Bertz CT molecular complexity index is 803. The van der Waals surface area contributed by atoms with Crippen LogP contribution >= 0.6 is 11.6 Å². The maximum Gasteiger partial charge on any atom is 0.266 e. The average Bonchev–Trinajstić information content (AvgIpc) is 3.03. The average molecular weight is 346 g/mol. The molecule has 5 nitrogen and oxygen atoms in total. The van der Waals surface area contributed by atoms with Gasteiger partial charge in [-0.25, -0.2) is 0 Å². The monoisotopic (exact) mass is 345 g/mol. The van der Waals surface area contributed by atoms with Crippen LogP contribution in [0.1, 0.15) is 40.9 Å². The third-order valence-electron chi connectivity index (χ3n) is 4.47. The molecule has 2 aromatic heterocycles. The number of aryl methyl sites for hydroxylation is 2. The van der Waals surface area contributed by atoms with E-state index in [2.05, 4.69) is 16.0 Å². The van der Waals surface area contributed by atoms with Crippen molar-refractivity contribution >= 4 is 17.5 Å². The first-order valence-corrected chi connectivity index (χ1v) is 8.53. The molecule has 0 saturated carbocycles. The normalized spacial score (nSPS) is 17.2. The van der Waals surface area contributed by atoms with Gasteiger partial charge >= 0.3 is 0 Å². The number of aromatic amines is 1. The smallest absolute Gasteiger partial charge is 0.266 e. The zero-order valence-corrected chi connectivity index (χ0v) is 14.3. The van der Waals surface area contributed by atoms with Crippen molar-refractivity contribution in [3.63, 3.8) is 0 Å². The van der Waals surface area contributed by atoms with E-state index in [1.54, 1.807) is 0 Å². The Morgan fingerprint density at radius 3 is 3.04 bits per heavy atom. The van der Waals surface area contributed by atoms with Crippen LogP contribution in [0.5, 0.6) is 0 Å². The number of halogens is 1. The number of H-pyrrole nitrogens is 1. The highest BCUT2D eigenvalue weighted by Crippen LogP contribution is 2.24. The van der Waals surface area contributed by atoms with E-state index in [-0.39, 0.29) is 22.5 Å². The minimum Gasteiger partial charge on any atom is -0.336 e. The van der Waals surface area contributed by atoms with Crippen molar-refractivity contribution in [3.05, 3.63) is 62.8 Å². The number of amides is 1. The van der Waals surface area contributed by atoms with Crippen LogP contribution in [0.15, 0.2) is 35.4 Å². The summed E-state index contributed by atoms with van der Waals surface area (Å²) in [6, 6.07) is 5.78. The summed E-state index contributed by atoms with van der Waals surface area (Å²) >= 11 is 5.84. The number of hydrogen-bond donors (Lipinski definition) is 1. The van der Waals surface area contributed by atoms with Crippen molar-refractivity contribution in [3.8, 4) is 0 Å². The molecule has 1 N–H and O–H groups in total. The molecule has 3 heterocycles. The summed E-state index contributed by atoms with van der Waals surface area (Å²) in [6.07, 6.45) is 7.12. The van der Waals surface area contributed by atoms with Gasteiger partial charge in [0.25, 0.3) is 11.5 Å². The quantitative estimate of drug-likeness (QED) is 0.926. The van der Waals surface area contributed by atoms with Gasteiger partial charge in [-0.2, -0.15) is 0 Å². The van der Waals surface area contributed by atoms with E-state index >= 15 is 0 Å². The number of nitrogens with one attached hydrogen (secondary N) is 1. The minimum atomic E-state index is -0.376. The molecular formula is C18H20ClN3O2. The number of nitrogens with zero attached hydrogens (tertiary/aromatic N) is 2. The molecule has 1 atom stereocenters. The Labute approximate surface area is 145 Å². The largest absolute Gasteiger partial charge is 0.336 e. The van der Waals surface area contributed by atoms with Crippen molar-refractivity contribution in [2.75, 3.05) is 6.54 Å². The summed E-state index contributed by atoms with van der Waals surface area (Å²) in [5.41, 5.74) is 2.31. The number of rotatable bonds is 4. The fourth-order valence-corrected chi connectivity index (χ4v) is 3.41. The molecule has 1 saturated heterocycles. The Balaban J connectivity index is 1.69. The van der Waals surface area contributed by atoms with Gasteiger partial charge in [0.2, 0.25) is 0 Å². The third kappa shape index (κ3) is 3.67. The van der Waals surface area contributed by atoms with E-state index < -0.39 is 0 Å². The van der Waals surface area contributed by atoms with Gasteiger partial charge in [-0.1, -0.05) is 11.6 Å². The third-order valence-corrected chi connectivity index (χ3v) is 4.75. The molecule has 3 rings (SSSR count). The Kier molecular flexibility index (Phi) is 5.00. The first-order valence-electron chi connectivity index (χ1n) is 8.15. The highest BCUT2D eigenvalue weighted by Gasteiger charge is 2.29. The first kappa shape index (κ1) is 16.7. The molecule has 0 radical (unpaired) electrons. The standard InChI is InChI=1S/C18H20ClN3O2/c1-12-9-13(6-7-20-12)4-5-15-3-2-8-22(15)18(24)14-10-16(19)17(23)21-11-14/h6-7,9-11,15H,2-5,8H2,1H3,(H,21,23)/t15-/m1/s1. The Morgan fingerprint density at radius 1 is 1.46 bits per heavy atom. The van der Waals surface area contributed by atoms with Crippen molar-refractivity contribution in [1.82, 2.24) is 14.9 Å². The van der Waals surface area contributed by atoms with Crippen LogP contribution < -0.4 is 5.56 Å². The number of likely N-dealkylation sites (tertiary alicyclic amines) is 1. The lowest BCUT2D eigenvalue weighted by Gasteiger charge is -2.25. The summed E-state index contributed by atoms with van der Waals surface area (Å²) in [7, 11) is 0. The van der Waals surface area contributed by atoms with Gasteiger partial charge in [0.15, 0.2) is 0 Å². The first-order chi connectivity index (χ1) is 11.5. The maximum atomic E-state index is 12.7. The molecule has 0 bridgehead atoms. The second-order valence-electron chi connectivity index (χ2n) is 6.20. The van der Waals surface area contributed by atoms with Crippen molar-refractivity contribution in [1.29, 1.82) is 0 Å². The Morgan fingerprint density at radius 2 is 2.29 bits per heavy atom. The molecule has 1 aliphatic rings. The predicted molar refractivity (Wildman–Crippen MR) is 93.4 cm³/mol. The lowest BCUT2D eigenvalue weighted by atomic mass is 10.0. The number of carbonyl (C=O) groups excluding carboxylic acids is 1. The van der Waals surface area contributed by atoms with Crippen LogP contribution in [-0.4, -0.2) is 33.4 Å². The minimum absolute atomic E-state index is 0.0452. The molecule has 0 aliphatic carbocycles. The van der Waals surface area contributed by atoms with Gasteiger partial charge in [0.05, 0.1) is 5.56 Å². The predicted octanol–water partition coefficient (Wildman–Crippen LogP) is 2.97. The lowest BCUT2D eigenvalue weighted by Crippen LogP contribution is -2.36. The van der Waals surface area contributed by atoms with E-state index in [1.165, 1.54) is 17.8 Å². The van der Waals surface area contributed by atoms with Crippen LogP contribution in [0.4, 0.5) is 0 Å². The molecule has 1 fully saturated rings. The molecule has 1 amide bonds. The summed E-state index contributed by atoms with van der Waals surface area (Å²) in [5, 5.41) is 0.0452. The fraction of sp³-hybridized carbons (Fsp3) is 0.389. The molecular weight excluding hydrogens is 326 g/mol. The van der Waals surface area contributed by atoms with E-state index in [4.69, 9.17) is 11.6 Å². The van der Waals surface area contributed by atoms with Crippen molar-refractivity contribution in [2.24, 2.45) is 0 Å². The number of pyridine rings is 2. The van der Waals surface area contributed by atoms with E-state index in [0.29, 0.717) is 5.56 Å². The van der Waals surface area contributed by atoms with Crippen LogP contribution in [0.25, 0.3) is 0 Å². The van der Waals surface area contributed by atoms with Crippen LogP contribution in [-0.2, 0) is 6.42 Å². The maximum absolute atomic E-state index is 12.7. The fourth-order valence-electron chi connectivity index (χ4n) is 3.24. The highest BCUT2D eigenvalue weighted by molar-refractivity contribution is 6.30. The topological polar surface area (TPSA) is 66.1 Å². The second-order valence-corrected chi connectivity index (χ2v) is 6.61. The van der Waals surface area contributed by atoms with E-state index in [1.807, 2.05) is 24.1 Å². The summed E-state index contributed by atoms with van der Waals surface area (Å²) in [4.78, 5) is 32.7. The molecule has 0 spiro atoms. The molecule has 0 aromatic carbocycles. The van der Waals surface area contributed by atoms with Crippen molar-refractivity contribution < 1.29 is 4.79 Å². The van der Waals surface area contributed by atoms with Crippen LogP contribution in [0.3, 0.4) is 0 Å². The van der Waals surface area contributed by atoms with Crippen LogP contribution in [0.2, 0.25) is 5.02 Å². The molecule has 24 heavy (non-hydrogen) atoms. The van der Waals surface area contributed by atoms with E-state index in [9.17, 15) is 9.59 Å². The van der Waals surface area contributed by atoms with E-state index in [0.717, 1.165) is 37.9 Å². The van der Waals surface area contributed by atoms with Gasteiger partial charge in [-0.3, -0.25) is 14.6 Å². The molecule has 6 heteroatoms. The molecule has 126 valence electrons. The van der Waals surface area contributed by atoms with Crippen LogP contribution in [0, 0.1) is 6.92 Å². The van der Waals surface area contributed by atoms with Gasteiger partial charge < -0.3 is 9.88 Å². The Hall–Kier alpha value is -2.14. The molecule has 1 aliphatic heterocycles. The molecule has 2 aromatic rings. The highest BCUT2D eigenvalue weighted by atomic mass is 35.5. The number of aromatic nitrogens is 2. The van der Waals surface area contributed by atoms with Gasteiger partial charge in [-0.05, 0) is 56.4 Å². The zero-order chi connectivity index (χ0) is 17.1. The second kappa shape index (κ2) is 7.18. The molecule has 0 unspecified atom stereocenters. The van der Waals surface area contributed by atoms with Crippen molar-refractivity contribution in [2.45, 2.75) is 38.6 Å². The number of hydrogen-bond acceptors (Lipinski definition) is 3. The summed E-state index contributed by atoms with van der Waals surface area (Å²) in [6.45, 7) is 2.73.